The van der Waals surface area contributed by atoms with Crippen molar-refractivity contribution in [2.45, 2.75) is 32.2 Å². The zero-order valence-corrected chi connectivity index (χ0v) is 18.5. The van der Waals surface area contributed by atoms with Gasteiger partial charge in [0.15, 0.2) is 0 Å². The summed E-state index contributed by atoms with van der Waals surface area (Å²) >= 11 is 0. The van der Waals surface area contributed by atoms with Crippen molar-refractivity contribution in [3.8, 4) is 11.1 Å². The molecular formula is C27H27NO4. The van der Waals surface area contributed by atoms with Gasteiger partial charge in [-0.1, -0.05) is 66.7 Å². The smallest absolute Gasteiger partial charge is 0.410 e. The Kier molecular flexibility index (Phi) is 5.99. The predicted molar refractivity (Wildman–Crippen MR) is 124 cm³/mol. The number of amides is 1. The van der Waals surface area contributed by atoms with Crippen molar-refractivity contribution in [3.63, 3.8) is 0 Å². The molecule has 0 aromatic heterocycles. The number of hydrogen-bond donors (Lipinski definition) is 1. The van der Waals surface area contributed by atoms with Gasteiger partial charge in [0.05, 0.1) is 0 Å². The number of carboxylic acid groups (broad SMARTS) is 1. The van der Waals surface area contributed by atoms with Gasteiger partial charge in [-0.05, 0) is 52.8 Å². The van der Waals surface area contributed by atoms with Crippen LogP contribution in [0.25, 0.3) is 11.1 Å². The van der Waals surface area contributed by atoms with E-state index in [4.69, 9.17) is 4.74 Å². The average Bonchev–Trinajstić information content (AvgIpc) is 3.11. The number of aliphatic carboxylic acids is 1. The van der Waals surface area contributed by atoms with E-state index in [0.29, 0.717) is 0 Å². The molecule has 3 aromatic rings. The Balaban J connectivity index is 1.49. The minimum atomic E-state index is -1.05. The highest BCUT2D eigenvalue weighted by molar-refractivity contribution is 5.81. The van der Waals surface area contributed by atoms with Crippen LogP contribution in [-0.4, -0.2) is 41.8 Å². The fraction of sp³-hybridized carbons (Fsp3) is 0.259. The summed E-state index contributed by atoms with van der Waals surface area (Å²) < 4.78 is 5.65. The van der Waals surface area contributed by atoms with Crippen LogP contribution in [-0.2, 0) is 16.0 Å². The number of carbonyl (C=O) groups excluding carboxylic acids is 1. The quantitative estimate of drug-likeness (QED) is 0.586. The van der Waals surface area contributed by atoms with Crippen molar-refractivity contribution in [2.75, 3.05) is 13.7 Å². The largest absolute Gasteiger partial charge is 0.480 e. The molecule has 0 radical (unpaired) electrons. The standard InChI is InChI=1S/C27H27NO4/c1-17-9-8-10-19(18(17)2)15-25(26(29)30)28(3)27(31)32-16-24-22-13-6-4-11-20(22)21-12-5-7-14-23(21)24/h4-14,24-25H,15-16H2,1-3H3,(H,29,30)/t25-/m0/s1. The van der Waals surface area contributed by atoms with Crippen LogP contribution >= 0.6 is 0 Å². The number of ether oxygens (including phenoxy) is 1. The van der Waals surface area contributed by atoms with Gasteiger partial charge in [0.1, 0.15) is 12.6 Å². The number of fused-ring (bicyclic) bond motifs is 3. The number of likely N-dealkylation sites (N-methyl/N-ethyl adjacent to an activating group) is 1. The van der Waals surface area contributed by atoms with Crippen LogP contribution in [0, 0.1) is 13.8 Å². The second kappa shape index (κ2) is 8.87. The molecule has 0 aliphatic heterocycles. The van der Waals surface area contributed by atoms with Gasteiger partial charge in [0.25, 0.3) is 0 Å². The molecule has 4 rings (SSSR count). The van der Waals surface area contributed by atoms with Crippen LogP contribution in [0.2, 0.25) is 0 Å². The highest BCUT2D eigenvalue weighted by atomic mass is 16.6. The van der Waals surface area contributed by atoms with Gasteiger partial charge in [0.2, 0.25) is 0 Å². The first kappa shape index (κ1) is 21.6. The fourth-order valence-corrected chi connectivity index (χ4v) is 4.45. The van der Waals surface area contributed by atoms with Crippen molar-refractivity contribution in [3.05, 3.63) is 94.5 Å². The maximum Gasteiger partial charge on any atom is 0.410 e. The maximum atomic E-state index is 12.9. The number of rotatable bonds is 6. The van der Waals surface area contributed by atoms with E-state index in [1.807, 2.05) is 56.3 Å². The summed E-state index contributed by atoms with van der Waals surface area (Å²) in [5, 5.41) is 9.80. The summed E-state index contributed by atoms with van der Waals surface area (Å²) in [6.45, 7) is 4.12. The van der Waals surface area contributed by atoms with Gasteiger partial charge >= 0.3 is 12.1 Å². The molecule has 1 aliphatic rings. The molecule has 1 amide bonds. The molecular weight excluding hydrogens is 402 g/mol. The van der Waals surface area contributed by atoms with Crippen LogP contribution in [0.4, 0.5) is 4.79 Å². The molecule has 0 spiro atoms. The lowest BCUT2D eigenvalue weighted by molar-refractivity contribution is -0.142. The minimum Gasteiger partial charge on any atom is -0.480 e. The van der Waals surface area contributed by atoms with Crippen LogP contribution in [0.5, 0.6) is 0 Å². The maximum absolute atomic E-state index is 12.9. The Morgan fingerprint density at radius 3 is 2.12 bits per heavy atom. The minimum absolute atomic E-state index is 0.0676. The molecule has 0 saturated heterocycles. The number of hydrogen-bond acceptors (Lipinski definition) is 3. The number of benzene rings is 3. The van der Waals surface area contributed by atoms with E-state index in [1.165, 1.54) is 11.9 Å². The first-order valence-electron chi connectivity index (χ1n) is 10.7. The van der Waals surface area contributed by atoms with E-state index in [2.05, 4.69) is 24.3 Å². The highest BCUT2D eigenvalue weighted by Gasteiger charge is 2.32. The van der Waals surface area contributed by atoms with Crippen LogP contribution in [0.15, 0.2) is 66.7 Å². The Morgan fingerprint density at radius 2 is 1.53 bits per heavy atom. The third-order valence-electron chi connectivity index (χ3n) is 6.51. The van der Waals surface area contributed by atoms with Crippen LogP contribution in [0.3, 0.4) is 0 Å². The van der Waals surface area contributed by atoms with Crippen molar-refractivity contribution < 1.29 is 19.4 Å². The summed E-state index contributed by atoms with van der Waals surface area (Å²) in [6, 6.07) is 21.0. The van der Waals surface area contributed by atoms with Crippen molar-refractivity contribution in [2.24, 2.45) is 0 Å². The number of carboxylic acids is 1. The second-order valence-electron chi connectivity index (χ2n) is 8.33. The molecule has 0 fully saturated rings. The van der Waals surface area contributed by atoms with Crippen LogP contribution in [0.1, 0.15) is 33.7 Å². The zero-order chi connectivity index (χ0) is 22.8. The number of nitrogens with zero attached hydrogens (tertiary/aromatic N) is 1. The van der Waals surface area contributed by atoms with Gasteiger partial charge in [-0.3, -0.25) is 4.90 Å². The molecule has 1 aliphatic carbocycles. The van der Waals surface area contributed by atoms with Gasteiger partial charge in [-0.2, -0.15) is 0 Å². The third kappa shape index (κ3) is 3.98. The Morgan fingerprint density at radius 1 is 0.938 bits per heavy atom. The van der Waals surface area contributed by atoms with Crippen molar-refractivity contribution in [1.82, 2.24) is 4.90 Å². The Hall–Kier alpha value is -3.60. The predicted octanol–water partition coefficient (Wildman–Crippen LogP) is 5.18. The monoisotopic (exact) mass is 429 g/mol. The topological polar surface area (TPSA) is 66.8 Å². The SMILES string of the molecule is Cc1cccc(C[C@@H](C(=O)O)N(C)C(=O)OCC2c3ccccc3-c3ccccc32)c1C. The van der Waals surface area contributed by atoms with Gasteiger partial charge in [0, 0.05) is 19.4 Å². The number of carbonyl (C=O) groups is 2. The highest BCUT2D eigenvalue weighted by Crippen LogP contribution is 2.44. The number of aryl methyl sites for hydroxylation is 1. The van der Waals surface area contributed by atoms with E-state index in [1.54, 1.807) is 0 Å². The molecule has 1 N–H and O–H groups in total. The summed E-state index contributed by atoms with van der Waals surface area (Å²) in [4.78, 5) is 26.0. The lowest BCUT2D eigenvalue weighted by atomic mass is 9.97. The molecule has 0 saturated carbocycles. The summed E-state index contributed by atoms with van der Waals surface area (Å²) in [5.41, 5.74) is 7.58. The molecule has 32 heavy (non-hydrogen) atoms. The lowest BCUT2D eigenvalue weighted by Crippen LogP contribution is -2.44. The Bertz CT molecular complexity index is 1120. The van der Waals surface area contributed by atoms with Gasteiger partial charge in [-0.15, -0.1) is 0 Å². The molecule has 1 atom stereocenters. The normalized spacial score (nSPS) is 13.2. The molecule has 0 unspecified atom stereocenters. The summed E-state index contributed by atoms with van der Waals surface area (Å²) in [7, 11) is 1.49. The first-order chi connectivity index (χ1) is 15.4. The summed E-state index contributed by atoms with van der Waals surface area (Å²) in [6.07, 6.45) is -0.409. The van der Waals surface area contributed by atoms with Gasteiger partial charge < -0.3 is 9.84 Å². The molecule has 5 heteroatoms. The molecule has 3 aromatic carbocycles. The van der Waals surface area contributed by atoms with E-state index >= 15 is 0 Å². The van der Waals surface area contributed by atoms with Crippen molar-refractivity contribution in [1.29, 1.82) is 0 Å². The molecule has 0 bridgehead atoms. The first-order valence-corrected chi connectivity index (χ1v) is 10.7. The summed E-state index contributed by atoms with van der Waals surface area (Å²) in [5.74, 6) is -1.12. The fourth-order valence-electron chi connectivity index (χ4n) is 4.45. The van der Waals surface area contributed by atoms with Gasteiger partial charge in [-0.25, -0.2) is 9.59 Å². The average molecular weight is 430 g/mol. The molecule has 164 valence electrons. The zero-order valence-electron chi connectivity index (χ0n) is 18.5. The molecule has 0 heterocycles. The third-order valence-corrected chi connectivity index (χ3v) is 6.51. The van der Waals surface area contributed by atoms with E-state index in [-0.39, 0.29) is 18.9 Å². The second-order valence-corrected chi connectivity index (χ2v) is 8.33. The van der Waals surface area contributed by atoms with E-state index in [9.17, 15) is 14.7 Å². The van der Waals surface area contributed by atoms with Crippen molar-refractivity contribution >= 4 is 12.1 Å². The molecule has 5 nitrogen and oxygen atoms in total. The van der Waals surface area contributed by atoms with E-state index in [0.717, 1.165) is 38.9 Å². The van der Waals surface area contributed by atoms with Crippen LogP contribution < -0.4 is 0 Å². The Labute approximate surface area is 188 Å². The lowest BCUT2D eigenvalue weighted by Gasteiger charge is -2.26. The van der Waals surface area contributed by atoms with E-state index < -0.39 is 18.1 Å².